The first-order valence-electron chi connectivity index (χ1n) is 4.63. The van der Waals surface area contributed by atoms with Crippen molar-refractivity contribution in [2.24, 2.45) is 5.73 Å². The second-order valence-corrected chi connectivity index (χ2v) is 3.72. The van der Waals surface area contributed by atoms with Gasteiger partial charge >= 0.3 is 0 Å². The van der Waals surface area contributed by atoms with Crippen LogP contribution in [0, 0.1) is 0 Å². The summed E-state index contributed by atoms with van der Waals surface area (Å²) in [6.07, 6.45) is 0.249. The minimum Gasteiger partial charge on any atom is -0.454 e. The lowest BCUT2D eigenvalue weighted by Gasteiger charge is -2.12. The van der Waals surface area contributed by atoms with Gasteiger partial charge in [-0.15, -0.1) is 0 Å². The Morgan fingerprint density at radius 3 is 2.73 bits per heavy atom. The number of alkyl halides is 1. The van der Waals surface area contributed by atoms with Gasteiger partial charge in [0.15, 0.2) is 11.5 Å². The van der Waals surface area contributed by atoms with Gasteiger partial charge in [0.25, 0.3) is 0 Å². The normalized spacial score (nSPS) is 15.4. The van der Waals surface area contributed by atoms with E-state index in [-0.39, 0.29) is 13.2 Å². The summed E-state index contributed by atoms with van der Waals surface area (Å²) < 4.78 is 22.5. The van der Waals surface area contributed by atoms with Gasteiger partial charge in [0.1, 0.15) is 0 Å². The van der Waals surface area contributed by atoms with Gasteiger partial charge in [-0.25, -0.2) is 0 Å². The van der Waals surface area contributed by atoms with E-state index in [1.54, 1.807) is 12.1 Å². The Labute approximate surface area is 91.9 Å². The zero-order valence-corrected chi connectivity index (χ0v) is 8.76. The molecule has 1 aromatic rings. The summed E-state index contributed by atoms with van der Waals surface area (Å²) in [6.45, 7) is -0.278. The number of ether oxygens (including phenoxy) is 2. The smallest absolute Gasteiger partial charge is 0.231 e. The molecule has 0 saturated carbocycles. The second kappa shape index (κ2) is 4.24. The summed E-state index contributed by atoms with van der Waals surface area (Å²) in [5.74, 6) is 1.22. The highest BCUT2D eigenvalue weighted by atomic mass is 35.5. The quantitative estimate of drug-likeness (QED) is 0.869. The van der Waals surface area contributed by atoms with Crippen molar-refractivity contribution >= 4 is 11.6 Å². The molecule has 0 fully saturated rings. The van der Waals surface area contributed by atoms with E-state index in [9.17, 15) is 4.39 Å². The fraction of sp³-hybridized carbons (Fsp3) is 0.400. The molecule has 1 heterocycles. The number of fused-ring (bicyclic) bond motifs is 1. The lowest BCUT2D eigenvalue weighted by Crippen LogP contribution is -2.11. The van der Waals surface area contributed by atoms with Crippen LogP contribution in [0.5, 0.6) is 11.5 Å². The molecule has 0 spiro atoms. The molecule has 1 aromatic carbocycles. The van der Waals surface area contributed by atoms with E-state index in [4.69, 9.17) is 26.8 Å². The van der Waals surface area contributed by atoms with Crippen LogP contribution in [0.3, 0.4) is 0 Å². The summed E-state index contributed by atoms with van der Waals surface area (Å²) in [5.41, 5.74) is 6.47. The molecule has 0 bridgehead atoms. The van der Waals surface area contributed by atoms with Crippen molar-refractivity contribution in [3.63, 3.8) is 0 Å². The van der Waals surface area contributed by atoms with Gasteiger partial charge in [-0.1, -0.05) is 11.6 Å². The zero-order valence-electron chi connectivity index (χ0n) is 8.00. The molecule has 1 aliphatic rings. The predicted octanol–water partition coefficient (Wildman–Crippen LogP) is 2.43. The Morgan fingerprint density at radius 1 is 1.40 bits per heavy atom. The number of hydrogen-bond donors (Lipinski definition) is 1. The monoisotopic (exact) mass is 231 g/mol. The van der Waals surface area contributed by atoms with Crippen molar-refractivity contribution in [2.45, 2.75) is 12.5 Å². The molecule has 3 nitrogen and oxygen atoms in total. The molecule has 2 N–H and O–H groups in total. The highest BCUT2D eigenvalue weighted by molar-refractivity contribution is 6.31. The standard InChI is InChI=1S/C10H11ClFNO2/c11-7-4-10-9(14-5-15-10)3-6(7)8(13)1-2-12/h3-4,8H,1-2,5,13H2/t8-/m1/s1. The van der Waals surface area contributed by atoms with E-state index < -0.39 is 12.7 Å². The molecule has 82 valence electrons. The molecule has 1 aliphatic heterocycles. The average Bonchev–Trinajstić information content (AvgIpc) is 2.63. The summed E-state index contributed by atoms with van der Waals surface area (Å²) in [5, 5.41) is 0.486. The maximum Gasteiger partial charge on any atom is 0.231 e. The Hall–Kier alpha value is -1.00. The summed E-state index contributed by atoms with van der Waals surface area (Å²) in [4.78, 5) is 0. The first-order valence-corrected chi connectivity index (χ1v) is 5.00. The first kappa shape index (κ1) is 10.5. The van der Waals surface area contributed by atoms with Crippen LogP contribution in [-0.4, -0.2) is 13.5 Å². The summed E-state index contributed by atoms with van der Waals surface area (Å²) in [7, 11) is 0. The van der Waals surface area contributed by atoms with Crippen LogP contribution in [0.1, 0.15) is 18.0 Å². The van der Waals surface area contributed by atoms with Crippen molar-refractivity contribution in [2.75, 3.05) is 13.5 Å². The molecular formula is C10H11ClFNO2. The van der Waals surface area contributed by atoms with Crippen LogP contribution in [0.15, 0.2) is 12.1 Å². The molecule has 2 rings (SSSR count). The van der Waals surface area contributed by atoms with Crippen molar-refractivity contribution in [1.29, 1.82) is 0 Å². The van der Waals surface area contributed by atoms with E-state index in [1.807, 2.05) is 0 Å². The topological polar surface area (TPSA) is 44.5 Å². The van der Waals surface area contributed by atoms with E-state index in [2.05, 4.69) is 0 Å². The minimum absolute atomic E-state index is 0.188. The van der Waals surface area contributed by atoms with Gasteiger partial charge in [0.2, 0.25) is 6.79 Å². The Balaban J connectivity index is 2.31. The largest absolute Gasteiger partial charge is 0.454 e. The van der Waals surface area contributed by atoms with Crippen molar-refractivity contribution in [3.05, 3.63) is 22.7 Å². The van der Waals surface area contributed by atoms with Gasteiger partial charge in [-0.05, 0) is 18.1 Å². The number of halogens is 2. The third-order valence-corrected chi connectivity index (χ3v) is 2.64. The Morgan fingerprint density at radius 2 is 2.07 bits per heavy atom. The lowest BCUT2D eigenvalue weighted by atomic mass is 10.0. The zero-order chi connectivity index (χ0) is 10.8. The Bertz CT molecular complexity index is 373. The number of benzene rings is 1. The van der Waals surface area contributed by atoms with Crippen LogP contribution >= 0.6 is 11.6 Å². The minimum atomic E-state index is -0.466. The Kier molecular flexibility index (Phi) is 2.98. The van der Waals surface area contributed by atoms with Gasteiger partial charge in [-0.3, -0.25) is 4.39 Å². The van der Waals surface area contributed by atoms with Crippen LogP contribution < -0.4 is 15.2 Å². The predicted molar refractivity (Wildman–Crippen MR) is 55.1 cm³/mol. The lowest BCUT2D eigenvalue weighted by molar-refractivity contribution is 0.174. The molecule has 0 aliphatic carbocycles. The van der Waals surface area contributed by atoms with Gasteiger partial charge in [-0.2, -0.15) is 0 Å². The third kappa shape index (κ3) is 2.01. The third-order valence-electron chi connectivity index (χ3n) is 2.31. The number of rotatable bonds is 3. The van der Waals surface area contributed by atoms with E-state index in [1.165, 1.54) is 0 Å². The highest BCUT2D eigenvalue weighted by Crippen LogP contribution is 2.38. The molecule has 5 heteroatoms. The molecule has 0 radical (unpaired) electrons. The molecule has 0 amide bonds. The molecule has 0 unspecified atom stereocenters. The van der Waals surface area contributed by atoms with Crippen LogP contribution in [0.25, 0.3) is 0 Å². The van der Waals surface area contributed by atoms with Crippen LogP contribution in [0.4, 0.5) is 4.39 Å². The SMILES string of the molecule is N[C@H](CCF)c1cc2c(cc1Cl)OCO2. The fourth-order valence-corrected chi connectivity index (χ4v) is 1.78. The van der Waals surface area contributed by atoms with Crippen molar-refractivity contribution < 1.29 is 13.9 Å². The molecule has 0 aromatic heterocycles. The molecule has 0 saturated heterocycles. The first-order chi connectivity index (χ1) is 7.22. The maximum atomic E-state index is 12.2. The van der Waals surface area contributed by atoms with Crippen molar-refractivity contribution in [3.8, 4) is 11.5 Å². The number of nitrogens with two attached hydrogens (primary N) is 1. The second-order valence-electron chi connectivity index (χ2n) is 3.31. The highest BCUT2D eigenvalue weighted by Gasteiger charge is 2.19. The van der Waals surface area contributed by atoms with E-state index in [0.29, 0.717) is 22.1 Å². The average molecular weight is 232 g/mol. The molecule has 1 atom stereocenters. The maximum absolute atomic E-state index is 12.2. The van der Waals surface area contributed by atoms with Gasteiger partial charge in [0.05, 0.1) is 6.67 Å². The fourth-order valence-electron chi connectivity index (χ4n) is 1.49. The summed E-state index contributed by atoms with van der Waals surface area (Å²) in [6, 6.07) is 2.96. The molecule has 15 heavy (non-hydrogen) atoms. The number of hydrogen-bond acceptors (Lipinski definition) is 3. The van der Waals surface area contributed by atoms with Crippen molar-refractivity contribution in [1.82, 2.24) is 0 Å². The van der Waals surface area contributed by atoms with E-state index in [0.717, 1.165) is 0 Å². The van der Waals surface area contributed by atoms with E-state index >= 15 is 0 Å². The van der Waals surface area contributed by atoms with Crippen LogP contribution in [0.2, 0.25) is 5.02 Å². The van der Waals surface area contributed by atoms with Gasteiger partial charge < -0.3 is 15.2 Å². The molecular weight excluding hydrogens is 221 g/mol. The summed E-state index contributed by atoms with van der Waals surface area (Å²) >= 11 is 6.00. The van der Waals surface area contributed by atoms with Crippen LogP contribution in [-0.2, 0) is 0 Å². The van der Waals surface area contributed by atoms with Gasteiger partial charge in [0, 0.05) is 17.1 Å².